The second-order valence-electron chi connectivity index (χ2n) is 7.34. The first-order valence-corrected chi connectivity index (χ1v) is 11.0. The zero-order valence-electron chi connectivity index (χ0n) is 18.2. The molecule has 0 saturated heterocycles. The summed E-state index contributed by atoms with van der Waals surface area (Å²) in [7, 11) is 2.68. The molecule has 3 rings (SSSR count). The molecular formula is C22H26N4O4S. The largest absolute Gasteiger partial charge is 0.497 e. The molecule has 0 bridgehead atoms. The normalized spacial score (nSPS) is 12.6. The highest BCUT2D eigenvalue weighted by molar-refractivity contribution is 7.89. The minimum Gasteiger partial charge on any atom is -0.497 e. The van der Waals surface area contributed by atoms with Crippen LogP contribution in [0.3, 0.4) is 0 Å². The lowest BCUT2D eigenvalue weighted by atomic mass is 10.0. The molecule has 31 heavy (non-hydrogen) atoms. The van der Waals surface area contributed by atoms with E-state index in [1.807, 2.05) is 35.9 Å². The lowest BCUT2D eigenvalue weighted by molar-refractivity contribution is 0.0940. The van der Waals surface area contributed by atoms with Gasteiger partial charge < -0.3 is 14.6 Å². The Kier molecular flexibility index (Phi) is 6.47. The van der Waals surface area contributed by atoms with Gasteiger partial charge in [0.25, 0.3) is 5.91 Å². The summed E-state index contributed by atoms with van der Waals surface area (Å²) in [5, 5.41) is 3.01. The summed E-state index contributed by atoms with van der Waals surface area (Å²) in [6, 6.07) is 11.3. The van der Waals surface area contributed by atoms with Gasteiger partial charge in [0.2, 0.25) is 10.0 Å². The second kappa shape index (κ2) is 8.91. The van der Waals surface area contributed by atoms with Gasteiger partial charge in [0.1, 0.15) is 17.6 Å². The maximum atomic E-state index is 13.2. The van der Waals surface area contributed by atoms with Gasteiger partial charge >= 0.3 is 0 Å². The molecule has 0 aliphatic heterocycles. The average Bonchev–Trinajstić information content (AvgIpc) is 3.17. The highest BCUT2D eigenvalue weighted by Gasteiger charge is 2.24. The molecule has 0 saturated carbocycles. The highest BCUT2D eigenvalue weighted by atomic mass is 32.2. The number of rotatable bonds is 7. The van der Waals surface area contributed by atoms with Gasteiger partial charge in [-0.2, -0.15) is 0 Å². The molecule has 1 N–H and O–H groups in total. The lowest BCUT2D eigenvalue weighted by Gasteiger charge is -2.20. The molecule has 0 fully saturated rings. The number of methoxy groups -OCH3 is 1. The number of hydrogen-bond donors (Lipinski definition) is 1. The van der Waals surface area contributed by atoms with Crippen molar-refractivity contribution >= 4 is 15.9 Å². The number of sulfonamides is 1. The van der Waals surface area contributed by atoms with Crippen molar-refractivity contribution in [1.82, 2.24) is 19.2 Å². The molecule has 1 amide bonds. The van der Waals surface area contributed by atoms with E-state index in [0.717, 1.165) is 9.87 Å². The molecule has 1 atom stereocenters. The van der Waals surface area contributed by atoms with E-state index in [9.17, 15) is 13.2 Å². The molecule has 0 spiro atoms. The van der Waals surface area contributed by atoms with Gasteiger partial charge in [-0.15, -0.1) is 0 Å². The fourth-order valence-electron chi connectivity index (χ4n) is 3.17. The molecule has 2 aromatic carbocycles. The minimum atomic E-state index is -3.66. The average molecular weight is 443 g/mol. The number of aryl methyl sites for hydroxylation is 2. The van der Waals surface area contributed by atoms with Crippen LogP contribution in [0.4, 0.5) is 0 Å². The molecule has 1 heterocycles. The Labute approximate surface area is 182 Å². The predicted octanol–water partition coefficient (Wildman–Crippen LogP) is 2.51. The highest BCUT2D eigenvalue weighted by Crippen LogP contribution is 2.25. The predicted molar refractivity (Wildman–Crippen MR) is 118 cm³/mol. The van der Waals surface area contributed by atoms with Gasteiger partial charge in [-0.3, -0.25) is 4.79 Å². The maximum Gasteiger partial charge on any atom is 0.252 e. The molecule has 0 radical (unpaired) electrons. The molecule has 0 aliphatic carbocycles. The third-order valence-electron chi connectivity index (χ3n) is 5.07. The summed E-state index contributed by atoms with van der Waals surface area (Å²) in [6.45, 7) is 1.77. The Morgan fingerprint density at radius 2 is 1.84 bits per heavy atom. The van der Waals surface area contributed by atoms with Crippen molar-refractivity contribution in [2.75, 3.05) is 21.2 Å². The topological polar surface area (TPSA) is 93.5 Å². The van der Waals surface area contributed by atoms with Crippen LogP contribution in [0.5, 0.6) is 5.75 Å². The number of benzene rings is 2. The number of nitrogens with one attached hydrogen (secondary N) is 1. The minimum absolute atomic E-state index is 0.0613. The van der Waals surface area contributed by atoms with E-state index in [4.69, 9.17) is 4.74 Å². The van der Waals surface area contributed by atoms with Crippen LogP contribution < -0.4 is 10.1 Å². The van der Waals surface area contributed by atoms with E-state index >= 15 is 0 Å². The summed E-state index contributed by atoms with van der Waals surface area (Å²) in [6.07, 6.45) is 3.46. The van der Waals surface area contributed by atoms with Crippen molar-refractivity contribution < 1.29 is 17.9 Å². The van der Waals surface area contributed by atoms with Crippen LogP contribution in [-0.4, -0.2) is 49.4 Å². The van der Waals surface area contributed by atoms with Crippen LogP contribution in [0.2, 0.25) is 0 Å². The Morgan fingerprint density at radius 1 is 1.16 bits per heavy atom. The smallest absolute Gasteiger partial charge is 0.252 e. The van der Waals surface area contributed by atoms with Crippen molar-refractivity contribution in [3.8, 4) is 5.75 Å². The number of ether oxygens (including phenoxy) is 1. The lowest BCUT2D eigenvalue weighted by Crippen LogP contribution is -2.32. The van der Waals surface area contributed by atoms with E-state index < -0.39 is 22.0 Å². The van der Waals surface area contributed by atoms with Crippen LogP contribution in [0.25, 0.3) is 0 Å². The molecule has 3 aromatic rings. The van der Waals surface area contributed by atoms with Crippen molar-refractivity contribution in [3.05, 3.63) is 77.4 Å². The standard InChI is InChI=1S/C22H26N4O4S/c1-15-6-11-18(31(28,29)25(2)3)14-19(15)22(27)24-20(21-23-12-13-26(21)4)16-7-9-17(30-5)10-8-16/h6-14,20H,1-5H3,(H,24,27)/t20-/m0/s1. The number of aromatic nitrogens is 2. The van der Waals surface area contributed by atoms with E-state index in [-0.39, 0.29) is 10.5 Å². The number of hydrogen-bond acceptors (Lipinski definition) is 5. The van der Waals surface area contributed by atoms with Crippen LogP contribution >= 0.6 is 0 Å². The third kappa shape index (κ3) is 4.62. The quantitative estimate of drug-likeness (QED) is 0.607. The Hall–Kier alpha value is -3.17. The Morgan fingerprint density at radius 3 is 2.39 bits per heavy atom. The van der Waals surface area contributed by atoms with Crippen molar-refractivity contribution in [1.29, 1.82) is 0 Å². The fourth-order valence-corrected chi connectivity index (χ4v) is 4.10. The number of amides is 1. The monoisotopic (exact) mass is 442 g/mol. The second-order valence-corrected chi connectivity index (χ2v) is 9.49. The number of nitrogens with zero attached hydrogens (tertiary/aromatic N) is 3. The summed E-state index contributed by atoms with van der Waals surface area (Å²) in [5.74, 6) is 0.955. The van der Waals surface area contributed by atoms with Crippen molar-refractivity contribution in [2.24, 2.45) is 7.05 Å². The molecular weight excluding hydrogens is 416 g/mol. The van der Waals surface area contributed by atoms with E-state index in [2.05, 4.69) is 10.3 Å². The molecule has 8 nitrogen and oxygen atoms in total. The number of imidazole rings is 1. The Balaban J connectivity index is 2.00. The first-order chi connectivity index (χ1) is 14.6. The van der Waals surface area contributed by atoms with E-state index in [1.165, 1.54) is 26.2 Å². The molecule has 164 valence electrons. The summed E-state index contributed by atoms with van der Waals surface area (Å²) < 4.78 is 33.2. The van der Waals surface area contributed by atoms with Gasteiger partial charge in [0.15, 0.2) is 0 Å². The fraction of sp³-hybridized carbons (Fsp3) is 0.273. The van der Waals surface area contributed by atoms with Gasteiger partial charge in [-0.1, -0.05) is 18.2 Å². The first kappa shape index (κ1) is 22.5. The van der Waals surface area contributed by atoms with E-state index in [1.54, 1.807) is 32.5 Å². The third-order valence-corrected chi connectivity index (χ3v) is 6.88. The van der Waals surface area contributed by atoms with Crippen molar-refractivity contribution in [2.45, 2.75) is 17.9 Å². The Bertz CT molecular complexity index is 1180. The molecule has 9 heteroatoms. The van der Waals surface area contributed by atoms with Gasteiger partial charge in [-0.25, -0.2) is 17.7 Å². The van der Waals surface area contributed by atoms with Crippen LogP contribution in [0, 0.1) is 6.92 Å². The van der Waals surface area contributed by atoms with E-state index in [0.29, 0.717) is 17.1 Å². The SMILES string of the molecule is COc1ccc([C@H](NC(=O)c2cc(S(=O)(=O)N(C)C)ccc2C)c2nccn2C)cc1. The summed E-state index contributed by atoms with van der Waals surface area (Å²) >= 11 is 0. The maximum absolute atomic E-state index is 13.2. The first-order valence-electron chi connectivity index (χ1n) is 9.60. The van der Waals surface area contributed by atoms with Crippen molar-refractivity contribution in [3.63, 3.8) is 0 Å². The number of carbonyl (C=O) groups is 1. The molecule has 1 aromatic heterocycles. The zero-order chi connectivity index (χ0) is 22.8. The molecule has 0 unspecified atom stereocenters. The summed E-state index contributed by atoms with van der Waals surface area (Å²) in [5.41, 5.74) is 1.78. The van der Waals surface area contributed by atoms with Gasteiger partial charge in [0.05, 0.1) is 12.0 Å². The van der Waals surface area contributed by atoms with Crippen LogP contribution in [-0.2, 0) is 17.1 Å². The molecule has 0 aliphatic rings. The number of carbonyl (C=O) groups excluding carboxylic acids is 1. The van der Waals surface area contributed by atoms with Crippen LogP contribution in [0.15, 0.2) is 59.8 Å². The van der Waals surface area contributed by atoms with Gasteiger partial charge in [0, 0.05) is 39.1 Å². The van der Waals surface area contributed by atoms with Crippen LogP contribution in [0.1, 0.15) is 33.4 Å². The van der Waals surface area contributed by atoms with Gasteiger partial charge in [-0.05, 0) is 42.3 Å². The zero-order valence-corrected chi connectivity index (χ0v) is 19.0. The summed E-state index contributed by atoms with van der Waals surface area (Å²) in [4.78, 5) is 17.7.